The van der Waals surface area contributed by atoms with Crippen LogP contribution in [0.1, 0.15) is 43.5 Å². The van der Waals surface area contributed by atoms with E-state index in [4.69, 9.17) is 0 Å². The molecule has 0 saturated carbocycles. The van der Waals surface area contributed by atoms with Crippen molar-refractivity contribution in [1.82, 2.24) is 14.1 Å². The van der Waals surface area contributed by atoms with Gasteiger partial charge in [0.15, 0.2) is 0 Å². The number of nitrogens with zero attached hydrogens (tertiary/aromatic N) is 3. The van der Waals surface area contributed by atoms with Gasteiger partial charge in [0, 0.05) is 32.7 Å². The van der Waals surface area contributed by atoms with E-state index in [0.29, 0.717) is 18.7 Å². The van der Waals surface area contributed by atoms with Gasteiger partial charge in [-0.15, -0.1) is 0 Å². The number of benzene rings is 2. The van der Waals surface area contributed by atoms with Gasteiger partial charge >= 0.3 is 0 Å². The smallest absolute Gasteiger partial charge is 0.295 e. The minimum Gasteiger partial charge on any atom is -0.507 e. The lowest BCUT2D eigenvalue weighted by atomic mass is 9.85. The molecule has 1 aliphatic rings. The van der Waals surface area contributed by atoms with Crippen LogP contribution in [0.5, 0.6) is 0 Å². The Kier molecular flexibility index (Phi) is 7.78. The Morgan fingerprint density at radius 2 is 1.50 bits per heavy atom. The van der Waals surface area contributed by atoms with Crippen molar-refractivity contribution in [1.29, 1.82) is 0 Å². The Morgan fingerprint density at radius 3 is 1.97 bits per heavy atom. The molecule has 0 bridgehead atoms. The first kappa shape index (κ1) is 27.6. The summed E-state index contributed by atoms with van der Waals surface area (Å²) < 4.78 is 25.9. The molecule has 1 aliphatic heterocycles. The Bertz CT molecular complexity index is 1270. The molecular weight excluding hydrogens is 478 g/mol. The molecule has 0 spiro atoms. The van der Waals surface area contributed by atoms with E-state index in [1.165, 1.54) is 43.3 Å². The monoisotopic (exact) mass is 513 g/mol. The molecule has 2 aromatic carbocycles. The minimum absolute atomic E-state index is 0.00881. The molecule has 1 atom stereocenters. The van der Waals surface area contributed by atoms with Crippen LogP contribution in [0.15, 0.2) is 59.0 Å². The molecule has 0 radical (unpaired) electrons. The lowest BCUT2D eigenvalue weighted by Gasteiger charge is -2.27. The zero-order valence-electron chi connectivity index (χ0n) is 21.9. The van der Waals surface area contributed by atoms with Gasteiger partial charge < -0.3 is 14.9 Å². The molecule has 2 aromatic rings. The van der Waals surface area contributed by atoms with E-state index >= 15 is 0 Å². The highest BCUT2D eigenvalue weighted by atomic mass is 32.2. The van der Waals surface area contributed by atoms with Gasteiger partial charge in [0.25, 0.3) is 11.7 Å². The first-order valence-corrected chi connectivity index (χ1v) is 13.2. The molecule has 1 heterocycles. The Balaban J connectivity index is 2.13. The van der Waals surface area contributed by atoms with Crippen LogP contribution in [0, 0.1) is 0 Å². The lowest BCUT2D eigenvalue weighted by molar-refractivity contribution is -0.140. The molecule has 36 heavy (non-hydrogen) atoms. The number of hydrogen-bond donors (Lipinski definition) is 1. The summed E-state index contributed by atoms with van der Waals surface area (Å²) in [6.07, 6.45) is 0. The van der Waals surface area contributed by atoms with Crippen LogP contribution in [0.3, 0.4) is 0 Å². The fraction of sp³-hybridized carbons (Fsp3) is 0.407. The Hall–Kier alpha value is -3.01. The topological polar surface area (TPSA) is 98.2 Å². The molecule has 3 rings (SSSR count). The highest BCUT2D eigenvalue weighted by Crippen LogP contribution is 2.40. The van der Waals surface area contributed by atoms with Crippen molar-refractivity contribution in [2.24, 2.45) is 0 Å². The number of likely N-dealkylation sites (N-methyl/N-ethyl adjacent to an activating group) is 1. The number of likely N-dealkylation sites (tertiary alicyclic amines) is 1. The Labute approximate surface area is 213 Å². The number of carbonyl (C=O) groups is 2. The third kappa shape index (κ3) is 5.38. The molecule has 1 N–H and O–H groups in total. The molecule has 1 amide bonds. The molecule has 194 valence electrons. The maximum absolute atomic E-state index is 13.2. The maximum Gasteiger partial charge on any atom is 0.295 e. The second-order valence-electron chi connectivity index (χ2n) is 10.5. The number of rotatable bonds is 7. The zero-order valence-corrected chi connectivity index (χ0v) is 22.8. The number of amides is 1. The third-order valence-corrected chi connectivity index (χ3v) is 8.16. The highest BCUT2D eigenvalue weighted by Gasteiger charge is 2.46. The predicted molar refractivity (Wildman–Crippen MR) is 140 cm³/mol. The average molecular weight is 514 g/mol. The zero-order chi connectivity index (χ0) is 27.0. The van der Waals surface area contributed by atoms with Crippen molar-refractivity contribution in [2.45, 2.75) is 37.1 Å². The number of aliphatic hydroxyl groups excluding tert-OH is 1. The Morgan fingerprint density at radius 1 is 0.944 bits per heavy atom. The van der Waals surface area contributed by atoms with E-state index in [1.54, 1.807) is 0 Å². The van der Waals surface area contributed by atoms with Gasteiger partial charge in [0.05, 0.1) is 16.5 Å². The van der Waals surface area contributed by atoms with Gasteiger partial charge in [-0.1, -0.05) is 45.0 Å². The average Bonchev–Trinajstić information content (AvgIpc) is 3.06. The van der Waals surface area contributed by atoms with E-state index in [0.717, 1.165) is 9.87 Å². The summed E-state index contributed by atoms with van der Waals surface area (Å²) in [4.78, 5) is 29.7. The molecule has 0 aromatic heterocycles. The van der Waals surface area contributed by atoms with E-state index in [-0.39, 0.29) is 27.2 Å². The summed E-state index contributed by atoms with van der Waals surface area (Å²) in [7, 11) is 2.98. The predicted octanol–water partition coefficient (Wildman–Crippen LogP) is 3.22. The standard InChI is InChI=1S/C27H35N3O5S/c1-27(2,3)20-12-8-18(9-13-20)23-22(25(32)26(33)30(23)17-16-28(4)5)24(31)19-10-14-21(15-11-19)36(34,35)29(6)7/h8-15,23,31H,16-17H2,1-7H3/t23-/m0/s1. The van der Waals surface area contributed by atoms with Crippen molar-refractivity contribution in [3.05, 3.63) is 70.8 Å². The SMILES string of the molecule is CN(C)CCN1C(=O)C(=O)C(=C(O)c2ccc(S(=O)(=O)N(C)C)cc2)[C@@H]1c1ccc(C(C)(C)C)cc1. The fourth-order valence-electron chi connectivity index (χ4n) is 4.08. The van der Waals surface area contributed by atoms with Crippen LogP contribution >= 0.6 is 0 Å². The van der Waals surface area contributed by atoms with Crippen LogP contribution in [-0.2, 0) is 25.0 Å². The summed E-state index contributed by atoms with van der Waals surface area (Å²) in [5, 5.41) is 11.2. The molecular formula is C27H35N3O5S. The van der Waals surface area contributed by atoms with Crippen molar-refractivity contribution in [3.63, 3.8) is 0 Å². The fourth-order valence-corrected chi connectivity index (χ4v) is 4.98. The molecule has 0 aliphatic carbocycles. The number of hydrogen-bond acceptors (Lipinski definition) is 6. The van der Waals surface area contributed by atoms with Gasteiger partial charge in [0.1, 0.15) is 5.76 Å². The van der Waals surface area contributed by atoms with Crippen molar-refractivity contribution >= 4 is 27.5 Å². The van der Waals surface area contributed by atoms with Crippen LogP contribution in [-0.4, -0.2) is 80.6 Å². The number of aliphatic hydroxyl groups is 1. The summed E-state index contributed by atoms with van der Waals surface area (Å²) in [6, 6.07) is 12.6. The van der Waals surface area contributed by atoms with Crippen molar-refractivity contribution in [2.75, 3.05) is 41.3 Å². The van der Waals surface area contributed by atoms with Crippen LogP contribution < -0.4 is 0 Å². The summed E-state index contributed by atoms with van der Waals surface area (Å²) in [6.45, 7) is 7.16. The lowest BCUT2D eigenvalue weighted by Crippen LogP contribution is -2.35. The summed E-state index contributed by atoms with van der Waals surface area (Å²) in [5.74, 6) is -1.77. The molecule has 1 saturated heterocycles. The highest BCUT2D eigenvalue weighted by molar-refractivity contribution is 7.89. The largest absolute Gasteiger partial charge is 0.507 e. The number of ketones is 1. The third-order valence-electron chi connectivity index (χ3n) is 6.33. The summed E-state index contributed by atoms with van der Waals surface area (Å²) >= 11 is 0. The number of carbonyl (C=O) groups excluding carboxylic acids is 2. The van der Waals surface area contributed by atoms with E-state index in [9.17, 15) is 23.1 Å². The maximum atomic E-state index is 13.2. The van der Waals surface area contributed by atoms with E-state index in [1.807, 2.05) is 43.3 Å². The second kappa shape index (κ2) is 10.2. The van der Waals surface area contributed by atoms with Gasteiger partial charge in [-0.2, -0.15) is 0 Å². The second-order valence-corrected chi connectivity index (χ2v) is 12.6. The minimum atomic E-state index is -3.65. The summed E-state index contributed by atoms with van der Waals surface area (Å²) in [5.41, 5.74) is 2.00. The molecule has 8 nitrogen and oxygen atoms in total. The molecule has 0 unspecified atom stereocenters. The van der Waals surface area contributed by atoms with E-state index < -0.39 is 27.8 Å². The first-order valence-electron chi connectivity index (χ1n) is 11.7. The van der Waals surface area contributed by atoms with Gasteiger partial charge in [-0.05, 0) is 54.9 Å². The van der Waals surface area contributed by atoms with Gasteiger partial charge in [-0.3, -0.25) is 9.59 Å². The normalized spacial score (nSPS) is 18.5. The van der Waals surface area contributed by atoms with Crippen LogP contribution in [0.2, 0.25) is 0 Å². The quantitative estimate of drug-likeness (QED) is 0.347. The van der Waals surface area contributed by atoms with E-state index in [2.05, 4.69) is 20.8 Å². The first-order chi connectivity index (χ1) is 16.7. The van der Waals surface area contributed by atoms with Crippen molar-refractivity contribution < 1.29 is 23.1 Å². The van der Waals surface area contributed by atoms with Gasteiger partial charge in [-0.25, -0.2) is 12.7 Å². The molecule has 1 fully saturated rings. The van der Waals surface area contributed by atoms with Crippen LogP contribution in [0.25, 0.3) is 5.76 Å². The number of sulfonamides is 1. The van der Waals surface area contributed by atoms with Crippen LogP contribution in [0.4, 0.5) is 0 Å². The van der Waals surface area contributed by atoms with Gasteiger partial charge in [0.2, 0.25) is 10.0 Å². The number of Topliss-reactive ketones (excluding diaryl/α,β-unsaturated/α-hetero) is 1. The van der Waals surface area contributed by atoms with Crippen molar-refractivity contribution in [3.8, 4) is 0 Å². The molecule has 9 heteroatoms.